The summed E-state index contributed by atoms with van der Waals surface area (Å²) in [4.78, 5) is 23.4. The molecule has 3 aromatic rings. The fourth-order valence-electron chi connectivity index (χ4n) is 3.50. The Balaban J connectivity index is 1.38. The Kier molecular flexibility index (Phi) is 5.55. The van der Waals surface area contributed by atoms with Gasteiger partial charge < -0.3 is 14.2 Å². The summed E-state index contributed by atoms with van der Waals surface area (Å²) in [5, 5.41) is 4.07. The number of benzene rings is 1. The number of carbonyl (C=O) groups is 1. The Morgan fingerprint density at radius 3 is 2.97 bits per heavy atom. The second-order valence-corrected chi connectivity index (χ2v) is 7.31. The Bertz CT molecular complexity index is 984. The van der Waals surface area contributed by atoms with E-state index in [0.29, 0.717) is 36.9 Å². The number of hydrogen-bond acceptors (Lipinski definition) is 6. The van der Waals surface area contributed by atoms with Crippen LogP contribution in [0.2, 0.25) is 0 Å². The Morgan fingerprint density at radius 1 is 1.28 bits per heavy atom. The normalized spacial score (nSPS) is 16.2. The average molecular weight is 392 g/mol. The highest BCUT2D eigenvalue weighted by atomic mass is 16.5. The zero-order valence-corrected chi connectivity index (χ0v) is 16.7. The van der Waals surface area contributed by atoms with Crippen molar-refractivity contribution in [3.05, 3.63) is 71.1 Å². The topological polar surface area (TPSA) is 81.4 Å². The van der Waals surface area contributed by atoms with Crippen molar-refractivity contribution in [1.82, 2.24) is 20.0 Å². The van der Waals surface area contributed by atoms with Gasteiger partial charge in [0.1, 0.15) is 11.8 Å². The predicted molar refractivity (Wildman–Crippen MR) is 107 cm³/mol. The smallest absolute Gasteiger partial charge is 0.256 e. The molecule has 7 heteroatoms. The van der Waals surface area contributed by atoms with Gasteiger partial charge in [0.2, 0.25) is 5.89 Å². The molecule has 0 spiro atoms. The molecule has 1 unspecified atom stereocenters. The van der Waals surface area contributed by atoms with Gasteiger partial charge in [-0.3, -0.25) is 9.78 Å². The summed E-state index contributed by atoms with van der Waals surface area (Å²) in [6.45, 7) is 5.06. The van der Waals surface area contributed by atoms with Crippen LogP contribution in [-0.4, -0.2) is 39.1 Å². The maximum atomic E-state index is 12.9. The number of aryl methyl sites for hydroxylation is 2. The molecule has 1 aliphatic heterocycles. The summed E-state index contributed by atoms with van der Waals surface area (Å²) in [5.41, 5.74) is 2.61. The highest BCUT2D eigenvalue weighted by Crippen LogP contribution is 2.32. The van der Waals surface area contributed by atoms with E-state index in [2.05, 4.69) is 15.1 Å². The van der Waals surface area contributed by atoms with E-state index in [9.17, 15) is 4.79 Å². The highest BCUT2D eigenvalue weighted by molar-refractivity contribution is 5.94. The molecule has 1 amide bonds. The first-order valence-corrected chi connectivity index (χ1v) is 9.86. The quantitative estimate of drug-likeness (QED) is 0.636. The molecule has 0 aliphatic carbocycles. The second kappa shape index (κ2) is 8.43. The van der Waals surface area contributed by atoms with Gasteiger partial charge in [0.25, 0.3) is 5.91 Å². The van der Waals surface area contributed by atoms with Crippen molar-refractivity contribution in [1.29, 1.82) is 0 Å². The van der Waals surface area contributed by atoms with Gasteiger partial charge in [0.15, 0.2) is 5.82 Å². The number of carbonyl (C=O) groups excluding carboxylic acids is 1. The van der Waals surface area contributed by atoms with Crippen molar-refractivity contribution in [2.75, 3.05) is 13.2 Å². The third-order valence-corrected chi connectivity index (χ3v) is 5.02. The van der Waals surface area contributed by atoms with Crippen molar-refractivity contribution >= 4 is 5.91 Å². The van der Waals surface area contributed by atoms with Crippen LogP contribution in [0.25, 0.3) is 0 Å². The van der Waals surface area contributed by atoms with Crippen molar-refractivity contribution in [2.24, 2.45) is 0 Å². The lowest BCUT2D eigenvalue weighted by Gasteiger charge is -2.21. The fraction of sp³-hybridized carbons (Fsp3) is 0.364. The Hall–Kier alpha value is -3.22. The van der Waals surface area contributed by atoms with E-state index in [-0.39, 0.29) is 11.9 Å². The lowest BCUT2D eigenvalue weighted by atomic mass is 10.2. The first-order chi connectivity index (χ1) is 14.1. The number of rotatable bonds is 6. The third kappa shape index (κ3) is 4.45. The molecular weight excluding hydrogens is 368 g/mol. The molecule has 1 aliphatic rings. The van der Waals surface area contributed by atoms with Gasteiger partial charge in [0.05, 0.1) is 12.2 Å². The van der Waals surface area contributed by atoms with E-state index in [1.165, 1.54) is 0 Å². The molecule has 0 saturated carbocycles. The molecule has 7 nitrogen and oxygen atoms in total. The van der Waals surface area contributed by atoms with E-state index >= 15 is 0 Å². The number of likely N-dealkylation sites (tertiary alicyclic amines) is 1. The second-order valence-electron chi connectivity index (χ2n) is 7.31. The van der Waals surface area contributed by atoms with Gasteiger partial charge in [-0.2, -0.15) is 4.98 Å². The zero-order valence-electron chi connectivity index (χ0n) is 16.7. The van der Waals surface area contributed by atoms with Crippen molar-refractivity contribution in [3.63, 3.8) is 0 Å². The van der Waals surface area contributed by atoms with Crippen LogP contribution in [0.5, 0.6) is 5.75 Å². The molecule has 0 N–H and O–H groups in total. The van der Waals surface area contributed by atoms with Crippen LogP contribution < -0.4 is 4.74 Å². The third-order valence-electron chi connectivity index (χ3n) is 5.02. The molecule has 150 valence electrons. The van der Waals surface area contributed by atoms with Crippen LogP contribution in [-0.2, 0) is 6.42 Å². The van der Waals surface area contributed by atoms with Crippen LogP contribution >= 0.6 is 0 Å². The van der Waals surface area contributed by atoms with E-state index in [4.69, 9.17) is 9.26 Å². The molecule has 1 saturated heterocycles. The largest absolute Gasteiger partial charge is 0.493 e. The van der Waals surface area contributed by atoms with Gasteiger partial charge in [-0.15, -0.1) is 0 Å². The molecule has 4 rings (SSSR count). The minimum atomic E-state index is -0.192. The summed E-state index contributed by atoms with van der Waals surface area (Å²) in [7, 11) is 0. The van der Waals surface area contributed by atoms with Gasteiger partial charge in [-0.1, -0.05) is 17.3 Å². The lowest BCUT2D eigenvalue weighted by Crippen LogP contribution is -2.30. The molecule has 2 aromatic heterocycles. The molecule has 1 fully saturated rings. The average Bonchev–Trinajstić information content (AvgIpc) is 3.37. The summed E-state index contributed by atoms with van der Waals surface area (Å²) in [6.07, 6.45) is 3.88. The number of pyridine rings is 1. The first kappa shape index (κ1) is 19.1. The zero-order chi connectivity index (χ0) is 20.2. The van der Waals surface area contributed by atoms with Gasteiger partial charge in [0, 0.05) is 24.9 Å². The summed E-state index contributed by atoms with van der Waals surface area (Å²) in [5.74, 6) is 1.85. The van der Waals surface area contributed by atoms with Crippen LogP contribution in [0, 0.1) is 13.8 Å². The van der Waals surface area contributed by atoms with Crippen LogP contribution in [0.4, 0.5) is 0 Å². The van der Waals surface area contributed by atoms with Crippen molar-refractivity contribution < 1.29 is 14.1 Å². The number of amides is 1. The summed E-state index contributed by atoms with van der Waals surface area (Å²) >= 11 is 0. The standard InChI is InChI=1S/C22H24N4O3/c1-15-5-3-6-18(13-15)28-12-10-20-24-21(29-25-20)19-7-4-11-26(19)22(27)17-9-8-16(2)23-14-17/h3,5-6,8-9,13-14,19H,4,7,10-12H2,1-2H3. The maximum Gasteiger partial charge on any atom is 0.256 e. The lowest BCUT2D eigenvalue weighted by molar-refractivity contribution is 0.0709. The number of hydrogen-bond donors (Lipinski definition) is 0. The Labute approximate surface area is 169 Å². The summed E-state index contributed by atoms with van der Waals surface area (Å²) in [6, 6.07) is 11.4. The van der Waals surface area contributed by atoms with Crippen molar-refractivity contribution in [3.8, 4) is 5.75 Å². The fourth-order valence-corrected chi connectivity index (χ4v) is 3.50. The number of aromatic nitrogens is 3. The molecule has 3 heterocycles. The van der Waals surface area contributed by atoms with Crippen LogP contribution in [0.3, 0.4) is 0 Å². The molecule has 29 heavy (non-hydrogen) atoms. The van der Waals surface area contributed by atoms with Gasteiger partial charge in [-0.05, 0) is 56.5 Å². The van der Waals surface area contributed by atoms with E-state index in [1.807, 2.05) is 50.2 Å². The highest BCUT2D eigenvalue weighted by Gasteiger charge is 2.34. The maximum absolute atomic E-state index is 12.9. The number of nitrogens with zero attached hydrogens (tertiary/aromatic N) is 4. The number of ether oxygens (including phenoxy) is 1. The van der Waals surface area contributed by atoms with Crippen LogP contribution in [0.1, 0.15) is 52.2 Å². The molecule has 0 bridgehead atoms. The monoisotopic (exact) mass is 392 g/mol. The van der Waals surface area contributed by atoms with Crippen LogP contribution in [0.15, 0.2) is 47.1 Å². The molecule has 1 aromatic carbocycles. The minimum Gasteiger partial charge on any atom is -0.493 e. The Morgan fingerprint density at radius 2 is 2.17 bits per heavy atom. The molecule has 0 radical (unpaired) electrons. The molecule has 1 atom stereocenters. The van der Waals surface area contributed by atoms with Gasteiger partial charge >= 0.3 is 0 Å². The SMILES string of the molecule is Cc1cccc(OCCc2noc(C3CCCN3C(=O)c3ccc(C)nc3)n2)c1. The van der Waals surface area contributed by atoms with Crippen molar-refractivity contribution in [2.45, 2.75) is 39.2 Å². The summed E-state index contributed by atoms with van der Waals surface area (Å²) < 4.78 is 11.2. The molecular formula is C22H24N4O3. The van der Waals surface area contributed by atoms with Gasteiger partial charge in [-0.25, -0.2) is 0 Å². The first-order valence-electron chi connectivity index (χ1n) is 9.86. The minimum absolute atomic E-state index is 0.0532. The predicted octanol–water partition coefficient (Wildman–Crippen LogP) is 3.68. The van der Waals surface area contributed by atoms with E-state index in [0.717, 1.165) is 29.8 Å². The van der Waals surface area contributed by atoms with E-state index < -0.39 is 0 Å². The van der Waals surface area contributed by atoms with E-state index in [1.54, 1.807) is 11.1 Å².